The molecule has 1 unspecified atom stereocenters. The third kappa shape index (κ3) is 3.82. The highest BCUT2D eigenvalue weighted by atomic mass is 16.6. The molecule has 1 fully saturated rings. The van der Waals surface area contributed by atoms with E-state index in [1.54, 1.807) is 7.11 Å². The highest BCUT2D eigenvalue weighted by Gasteiger charge is 2.50. The molecular formula is C21H29NO5. The number of carbonyl (C=O) groups excluding carboxylic acids is 1. The molecule has 1 N–H and O–H groups in total. The molecule has 6 heteroatoms. The van der Waals surface area contributed by atoms with Crippen LogP contribution >= 0.6 is 0 Å². The molecule has 0 spiro atoms. The van der Waals surface area contributed by atoms with E-state index >= 15 is 0 Å². The van der Waals surface area contributed by atoms with Gasteiger partial charge in [0.2, 0.25) is 0 Å². The van der Waals surface area contributed by atoms with Crippen LogP contribution in [0.4, 0.5) is 0 Å². The van der Waals surface area contributed by atoms with Crippen LogP contribution in [0.5, 0.6) is 5.75 Å². The normalized spacial score (nSPS) is 22.4. The highest BCUT2D eigenvalue weighted by molar-refractivity contribution is 5.78. The molecule has 1 aliphatic carbocycles. The number of hydrogen-bond donors (Lipinski definition) is 1. The van der Waals surface area contributed by atoms with Crippen LogP contribution in [-0.2, 0) is 25.4 Å². The van der Waals surface area contributed by atoms with Crippen molar-refractivity contribution >= 4 is 11.7 Å². The summed E-state index contributed by atoms with van der Waals surface area (Å²) in [6.45, 7) is 6.46. The first-order valence-corrected chi connectivity index (χ1v) is 9.44. The molecule has 1 heterocycles. The van der Waals surface area contributed by atoms with E-state index in [9.17, 15) is 4.79 Å². The van der Waals surface area contributed by atoms with Gasteiger partial charge in [-0.3, -0.25) is 5.32 Å². The van der Waals surface area contributed by atoms with Gasteiger partial charge in [0.15, 0.2) is 11.5 Å². The van der Waals surface area contributed by atoms with Gasteiger partial charge in [-0.1, -0.05) is 13.0 Å². The molecule has 1 aromatic rings. The Kier molecular flexibility index (Phi) is 5.77. The lowest BCUT2D eigenvalue weighted by atomic mass is 9.88. The van der Waals surface area contributed by atoms with Crippen molar-refractivity contribution in [2.45, 2.75) is 45.6 Å². The van der Waals surface area contributed by atoms with Gasteiger partial charge in [0.05, 0.1) is 18.2 Å². The summed E-state index contributed by atoms with van der Waals surface area (Å²) in [5.41, 5.74) is 2.61. The summed E-state index contributed by atoms with van der Waals surface area (Å²) >= 11 is 0. The van der Waals surface area contributed by atoms with Crippen molar-refractivity contribution in [3.05, 3.63) is 34.6 Å². The maximum atomic E-state index is 12.3. The third-order valence-electron chi connectivity index (χ3n) is 5.36. The lowest BCUT2D eigenvalue weighted by Gasteiger charge is -2.38. The smallest absolute Gasteiger partial charge is 0.337 e. The van der Waals surface area contributed by atoms with Crippen LogP contribution in [0.25, 0.3) is 5.76 Å². The lowest BCUT2D eigenvalue weighted by Crippen LogP contribution is -2.51. The molecule has 6 nitrogen and oxygen atoms in total. The number of nitrogens with one attached hydrogen (secondary N) is 1. The number of aryl methyl sites for hydroxylation is 2. The number of carbonyl (C=O) groups is 1. The minimum atomic E-state index is -0.460. The number of rotatable bonds is 7. The Morgan fingerprint density at radius 1 is 1.33 bits per heavy atom. The number of ether oxygens (including phenoxy) is 4. The van der Waals surface area contributed by atoms with Gasteiger partial charge >= 0.3 is 5.97 Å². The van der Waals surface area contributed by atoms with E-state index in [2.05, 4.69) is 25.2 Å². The zero-order valence-corrected chi connectivity index (χ0v) is 16.8. The Labute approximate surface area is 160 Å². The third-order valence-corrected chi connectivity index (χ3v) is 5.36. The van der Waals surface area contributed by atoms with E-state index < -0.39 is 11.5 Å². The quantitative estimate of drug-likeness (QED) is 0.739. The van der Waals surface area contributed by atoms with E-state index in [0.29, 0.717) is 24.2 Å². The van der Waals surface area contributed by atoms with Crippen LogP contribution < -0.4 is 10.1 Å². The average molecular weight is 375 g/mol. The fraction of sp³-hybridized carbons (Fsp3) is 0.571. The van der Waals surface area contributed by atoms with E-state index in [-0.39, 0.29) is 6.61 Å². The molecule has 27 heavy (non-hydrogen) atoms. The zero-order chi connectivity index (χ0) is 19.6. The molecule has 0 saturated heterocycles. The first-order chi connectivity index (χ1) is 12.9. The van der Waals surface area contributed by atoms with E-state index in [4.69, 9.17) is 18.9 Å². The van der Waals surface area contributed by atoms with Crippen LogP contribution in [0.15, 0.2) is 17.9 Å². The van der Waals surface area contributed by atoms with Gasteiger partial charge in [0.1, 0.15) is 19.1 Å². The summed E-state index contributed by atoms with van der Waals surface area (Å²) in [6.07, 6.45) is 2.99. The number of hydrogen-bond acceptors (Lipinski definition) is 6. The fourth-order valence-corrected chi connectivity index (χ4v) is 3.75. The number of esters is 1. The van der Waals surface area contributed by atoms with Gasteiger partial charge in [0.25, 0.3) is 0 Å². The molecule has 2 aliphatic rings. The molecule has 1 aliphatic heterocycles. The number of methoxy groups -OCH3 is 2. The average Bonchev–Trinajstić information content (AvgIpc) is 3.48. The minimum Gasteiger partial charge on any atom is -0.496 e. The summed E-state index contributed by atoms with van der Waals surface area (Å²) in [5.74, 6) is 1.80. The summed E-state index contributed by atoms with van der Waals surface area (Å²) in [5, 5.41) is 3.40. The summed E-state index contributed by atoms with van der Waals surface area (Å²) in [4.78, 5) is 12.3. The Balaban J connectivity index is 2.19. The van der Waals surface area contributed by atoms with Crippen LogP contribution in [0.2, 0.25) is 0 Å². The largest absolute Gasteiger partial charge is 0.496 e. The minimum absolute atomic E-state index is 0.108. The summed E-state index contributed by atoms with van der Waals surface area (Å²) in [7, 11) is 3.13. The maximum Gasteiger partial charge on any atom is 0.337 e. The second-order valence-electron chi connectivity index (χ2n) is 7.36. The van der Waals surface area contributed by atoms with Crippen LogP contribution in [0, 0.1) is 12.8 Å². The first-order valence-electron chi connectivity index (χ1n) is 9.44. The van der Waals surface area contributed by atoms with Crippen molar-refractivity contribution in [1.82, 2.24) is 5.32 Å². The van der Waals surface area contributed by atoms with Gasteiger partial charge in [-0.05, 0) is 56.2 Å². The van der Waals surface area contributed by atoms with Crippen molar-refractivity contribution in [2.75, 3.05) is 27.6 Å². The second kappa shape index (κ2) is 7.90. The van der Waals surface area contributed by atoms with E-state index in [1.165, 1.54) is 7.11 Å². The van der Waals surface area contributed by atoms with E-state index in [0.717, 1.165) is 41.7 Å². The van der Waals surface area contributed by atoms with Crippen LogP contribution in [0.3, 0.4) is 0 Å². The van der Waals surface area contributed by atoms with Gasteiger partial charge < -0.3 is 18.9 Å². The Morgan fingerprint density at radius 3 is 2.67 bits per heavy atom. The Morgan fingerprint density at radius 2 is 2.07 bits per heavy atom. The topological polar surface area (TPSA) is 66.0 Å². The molecule has 0 amide bonds. The maximum absolute atomic E-state index is 12.3. The Bertz CT molecular complexity index is 728. The molecule has 0 bridgehead atoms. The van der Waals surface area contributed by atoms with Gasteiger partial charge in [-0.25, -0.2) is 4.79 Å². The zero-order valence-electron chi connectivity index (χ0n) is 16.8. The monoisotopic (exact) mass is 375 g/mol. The van der Waals surface area contributed by atoms with Gasteiger partial charge in [0, 0.05) is 7.11 Å². The lowest BCUT2D eigenvalue weighted by molar-refractivity contribution is -0.145. The van der Waals surface area contributed by atoms with Crippen molar-refractivity contribution in [3.63, 3.8) is 0 Å². The summed E-state index contributed by atoms with van der Waals surface area (Å²) in [6, 6.07) is 4.11. The number of benzene rings is 1. The van der Waals surface area contributed by atoms with Gasteiger partial charge in [-0.2, -0.15) is 0 Å². The van der Waals surface area contributed by atoms with Crippen molar-refractivity contribution in [3.8, 4) is 5.75 Å². The van der Waals surface area contributed by atoms with Gasteiger partial charge in [-0.15, -0.1) is 0 Å². The standard InChI is InChI=1S/C21H29NO5/c1-6-14-9-13(2)10-16(25-5)18(14)19-20(27-17(23)11-24-4)21(3,15-7-8-15)22-12-26-19/h9-10,15,22H,6-8,11-12H2,1-5H3. The predicted molar refractivity (Wildman–Crippen MR) is 102 cm³/mol. The molecule has 148 valence electrons. The van der Waals surface area contributed by atoms with Crippen molar-refractivity contribution in [2.24, 2.45) is 5.92 Å². The first kappa shape index (κ1) is 19.7. The SMILES string of the molecule is CCc1cc(C)cc(OC)c1C1=C(OC(=O)COC)C(C)(C2CC2)NCO1. The highest BCUT2D eigenvalue weighted by Crippen LogP contribution is 2.48. The molecule has 1 aromatic carbocycles. The predicted octanol–water partition coefficient (Wildman–Crippen LogP) is 3.17. The van der Waals surface area contributed by atoms with Crippen molar-refractivity contribution < 1.29 is 23.7 Å². The van der Waals surface area contributed by atoms with E-state index in [1.807, 2.05) is 13.0 Å². The van der Waals surface area contributed by atoms with Crippen LogP contribution in [0.1, 0.15) is 43.4 Å². The fourth-order valence-electron chi connectivity index (χ4n) is 3.75. The van der Waals surface area contributed by atoms with Crippen LogP contribution in [-0.4, -0.2) is 39.1 Å². The molecule has 1 atom stereocenters. The molecule has 0 radical (unpaired) electrons. The Hall–Kier alpha value is -2.05. The second-order valence-corrected chi connectivity index (χ2v) is 7.36. The van der Waals surface area contributed by atoms with Crippen molar-refractivity contribution in [1.29, 1.82) is 0 Å². The summed E-state index contributed by atoms with van der Waals surface area (Å²) < 4.78 is 22.5. The molecular weight excluding hydrogens is 346 g/mol. The molecule has 0 aromatic heterocycles. The molecule has 3 rings (SSSR count). The molecule has 1 saturated carbocycles.